The van der Waals surface area contributed by atoms with Crippen molar-refractivity contribution in [3.8, 4) is 0 Å². The summed E-state index contributed by atoms with van der Waals surface area (Å²) in [5, 5.41) is 0. The lowest BCUT2D eigenvalue weighted by Crippen LogP contribution is -2.37. The van der Waals surface area contributed by atoms with Gasteiger partial charge < -0.3 is 0 Å². The van der Waals surface area contributed by atoms with Crippen molar-refractivity contribution in [2.24, 2.45) is 0 Å². The quantitative estimate of drug-likeness (QED) is 0.350. The molecule has 2 aromatic carbocycles. The number of likely N-dealkylation sites (tertiary alicyclic amines) is 1. The van der Waals surface area contributed by atoms with Crippen molar-refractivity contribution in [1.82, 2.24) is 4.90 Å². The summed E-state index contributed by atoms with van der Waals surface area (Å²) in [4.78, 5) is 26.2. The average molecular weight is 533 g/mol. The third kappa shape index (κ3) is 9.11. The van der Waals surface area contributed by atoms with Crippen LogP contribution in [-0.4, -0.2) is 40.4 Å². The van der Waals surface area contributed by atoms with Crippen molar-refractivity contribution in [2.45, 2.75) is 92.9 Å². The Balaban J connectivity index is 0.000000623. The number of carbonyl (C=O) groups is 2. The molecule has 34 heavy (non-hydrogen) atoms. The smallest absolute Gasteiger partial charge is 0.154 e. The molecule has 2 unspecified atom stereocenters. The lowest BCUT2D eigenvalue weighted by Gasteiger charge is -2.23. The number of aryl methyl sites for hydroxylation is 4. The van der Waals surface area contributed by atoms with Gasteiger partial charge in [-0.05, 0) is 101 Å². The summed E-state index contributed by atoms with van der Waals surface area (Å²) in [6, 6.07) is 12.4. The summed E-state index contributed by atoms with van der Waals surface area (Å²) in [6.45, 7) is 14.4. The van der Waals surface area contributed by atoms with Crippen LogP contribution in [0.2, 0.25) is 0 Å². The number of hydrogen-bond donors (Lipinski definition) is 0. The van der Waals surface area contributed by atoms with Crippen LogP contribution in [0.25, 0.3) is 0 Å². The van der Waals surface area contributed by atoms with Crippen LogP contribution in [0.1, 0.15) is 74.9 Å². The number of Topliss-reactive ketones (excluding diaryl/α,β-unsaturated/α-hetero) is 2. The van der Waals surface area contributed by atoms with Crippen molar-refractivity contribution in [2.75, 3.05) is 13.1 Å². The fourth-order valence-electron chi connectivity index (χ4n) is 4.22. The van der Waals surface area contributed by atoms with E-state index in [-0.39, 0.29) is 31.5 Å². The van der Waals surface area contributed by atoms with Crippen molar-refractivity contribution in [3.63, 3.8) is 0 Å². The fraction of sp³-hybridized carbons (Fsp3) is 0.533. The van der Waals surface area contributed by atoms with Crippen LogP contribution in [0.4, 0.5) is 0 Å². The molecule has 0 bridgehead atoms. The van der Waals surface area contributed by atoms with Crippen LogP contribution < -0.4 is 0 Å². The third-order valence-electron chi connectivity index (χ3n) is 6.59. The Morgan fingerprint density at radius 3 is 1.47 bits per heavy atom. The Labute approximate surface area is 217 Å². The molecule has 3 nitrogen and oxygen atoms in total. The molecule has 0 spiro atoms. The topological polar surface area (TPSA) is 37.4 Å². The highest BCUT2D eigenvalue weighted by molar-refractivity contribution is 9.10. The van der Waals surface area contributed by atoms with E-state index in [0.717, 1.165) is 13.1 Å². The highest BCUT2D eigenvalue weighted by Gasteiger charge is 2.24. The maximum absolute atomic E-state index is 12.4. The second-order valence-corrected chi connectivity index (χ2v) is 10.4. The number of halogens is 1. The van der Waals surface area contributed by atoms with Gasteiger partial charge in [-0.15, -0.1) is 0 Å². The van der Waals surface area contributed by atoms with Crippen LogP contribution in [-0.2, 0) is 22.4 Å². The molecule has 0 aromatic heterocycles. The predicted octanol–water partition coefficient (Wildman–Crippen LogP) is 7.37. The molecule has 0 amide bonds. The number of nitrogens with zero attached hydrogens (tertiary/aromatic N) is 1. The minimum atomic E-state index is -0.0542. The van der Waals surface area contributed by atoms with E-state index in [1.54, 1.807) is 0 Å². The zero-order valence-corrected chi connectivity index (χ0v) is 22.1. The molecule has 1 fully saturated rings. The molecule has 1 aliphatic rings. The largest absolute Gasteiger partial charge is 0.298 e. The molecule has 190 valence electrons. The number of ketones is 2. The van der Waals surface area contributed by atoms with Gasteiger partial charge in [0.25, 0.3) is 0 Å². The monoisotopic (exact) mass is 531 g/mol. The van der Waals surface area contributed by atoms with Gasteiger partial charge in [-0.1, -0.05) is 67.2 Å². The van der Waals surface area contributed by atoms with Crippen molar-refractivity contribution >= 4 is 27.5 Å². The molecule has 1 aliphatic heterocycles. The summed E-state index contributed by atoms with van der Waals surface area (Å²) in [6.07, 6.45) is 3.59. The first-order chi connectivity index (χ1) is 15.1. The lowest BCUT2D eigenvalue weighted by atomic mass is 9.96. The van der Waals surface area contributed by atoms with Gasteiger partial charge >= 0.3 is 0 Å². The van der Waals surface area contributed by atoms with E-state index in [0.29, 0.717) is 18.6 Å². The number of benzene rings is 2. The summed E-state index contributed by atoms with van der Waals surface area (Å²) in [5.74, 6) is 0.594. The van der Waals surface area contributed by atoms with Crippen LogP contribution in [0.15, 0.2) is 36.4 Å². The fourth-order valence-corrected chi connectivity index (χ4v) is 4.39. The Morgan fingerprint density at radius 2 is 1.12 bits per heavy atom. The molecular formula is C30H46BrNO2. The van der Waals surface area contributed by atoms with Gasteiger partial charge in [0, 0.05) is 12.8 Å². The first-order valence-electron chi connectivity index (χ1n) is 11.7. The van der Waals surface area contributed by atoms with Gasteiger partial charge in [-0.2, -0.15) is 0 Å². The zero-order valence-electron chi connectivity index (χ0n) is 20.5. The highest BCUT2D eigenvalue weighted by atomic mass is 79.9. The van der Waals surface area contributed by atoms with E-state index in [1.165, 1.54) is 46.2 Å². The van der Waals surface area contributed by atoms with Crippen LogP contribution >= 0.6 is 15.9 Å². The maximum Gasteiger partial charge on any atom is 0.154 e. The standard InChI is InChI=1S/C16H23NO.C12H15BrO.2CH4/c1-12-7-6-8-13(2)15(12)11-16(18)14(3)17-9-4-5-10-17;1-8-5-4-6-9(2)11(8)7-12(14)10(3)13;;/h6-8,14H,4-5,9-11H2,1-3H3;4-6,10H,7H2,1-3H3;2*1H4. The summed E-state index contributed by atoms with van der Waals surface area (Å²) < 4.78 is 0. The Hall–Kier alpha value is -1.78. The van der Waals surface area contributed by atoms with E-state index in [2.05, 4.69) is 85.8 Å². The predicted molar refractivity (Wildman–Crippen MR) is 151 cm³/mol. The summed E-state index contributed by atoms with van der Waals surface area (Å²) >= 11 is 3.30. The molecule has 0 N–H and O–H groups in total. The molecule has 4 heteroatoms. The SMILES string of the molecule is C.C.Cc1cccc(C)c1CC(=O)C(C)Br.Cc1cccc(C)c1CC(=O)C(C)N1CCCC1. The van der Waals surface area contributed by atoms with Crippen LogP contribution in [0.5, 0.6) is 0 Å². The summed E-state index contributed by atoms with van der Waals surface area (Å²) in [5.41, 5.74) is 7.25. The van der Waals surface area contributed by atoms with Gasteiger partial charge in [-0.25, -0.2) is 0 Å². The van der Waals surface area contributed by atoms with Crippen LogP contribution in [0.3, 0.4) is 0 Å². The first kappa shape index (κ1) is 32.2. The molecule has 0 saturated carbocycles. The number of hydrogen-bond acceptors (Lipinski definition) is 3. The second-order valence-electron chi connectivity index (χ2n) is 9.06. The lowest BCUT2D eigenvalue weighted by molar-refractivity contribution is -0.122. The molecule has 1 heterocycles. The Morgan fingerprint density at radius 1 is 0.765 bits per heavy atom. The van der Waals surface area contributed by atoms with Gasteiger partial charge in [0.15, 0.2) is 11.6 Å². The van der Waals surface area contributed by atoms with Crippen molar-refractivity contribution in [3.05, 3.63) is 69.8 Å². The number of carbonyl (C=O) groups excluding carboxylic acids is 2. The van der Waals surface area contributed by atoms with E-state index in [4.69, 9.17) is 0 Å². The van der Waals surface area contributed by atoms with Crippen molar-refractivity contribution in [1.29, 1.82) is 0 Å². The van der Waals surface area contributed by atoms with E-state index in [9.17, 15) is 9.59 Å². The number of alkyl halides is 1. The average Bonchev–Trinajstić information content (AvgIpc) is 3.28. The van der Waals surface area contributed by atoms with E-state index in [1.807, 2.05) is 13.0 Å². The third-order valence-corrected chi connectivity index (χ3v) is 7.10. The minimum Gasteiger partial charge on any atom is -0.298 e. The Bertz CT molecular complexity index is 889. The molecule has 2 aromatic rings. The van der Waals surface area contributed by atoms with Crippen molar-refractivity contribution < 1.29 is 9.59 Å². The first-order valence-corrected chi connectivity index (χ1v) is 12.6. The molecule has 0 radical (unpaired) electrons. The zero-order chi connectivity index (χ0) is 23.8. The summed E-state index contributed by atoms with van der Waals surface area (Å²) in [7, 11) is 0. The molecule has 1 saturated heterocycles. The molecular weight excluding hydrogens is 486 g/mol. The molecule has 3 rings (SSSR count). The normalized spacial score (nSPS) is 14.7. The second kappa shape index (κ2) is 15.3. The van der Waals surface area contributed by atoms with Gasteiger partial charge in [0.1, 0.15) is 0 Å². The van der Waals surface area contributed by atoms with E-state index >= 15 is 0 Å². The Kier molecular flexibility index (Phi) is 14.5. The number of rotatable bonds is 7. The molecule has 2 atom stereocenters. The van der Waals surface area contributed by atoms with Gasteiger partial charge in [0.05, 0.1) is 10.9 Å². The van der Waals surface area contributed by atoms with Gasteiger partial charge in [0.2, 0.25) is 0 Å². The minimum absolute atomic E-state index is 0. The highest BCUT2D eigenvalue weighted by Crippen LogP contribution is 2.18. The maximum atomic E-state index is 12.4. The van der Waals surface area contributed by atoms with Crippen LogP contribution in [0, 0.1) is 27.7 Å². The molecule has 0 aliphatic carbocycles. The van der Waals surface area contributed by atoms with Gasteiger partial charge in [-0.3, -0.25) is 14.5 Å². The van der Waals surface area contributed by atoms with E-state index < -0.39 is 0 Å².